The summed E-state index contributed by atoms with van der Waals surface area (Å²) in [5.41, 5.74) is 1.55. The highest BCUT2D eigenvalue weighted by Crippen LogP contribution is 2.34. The molecule has 3 aromatic rings. The van der Waals surface area contributed by atoms with Crippen LogP contribution >= 0.6 is 0 Å². The summed E-state index contributed by atoms with van der Waals surface area (Å²) in [5.74, 6) is 0.250. The second-order valence-electron chi connectivity index (χ2n) is 8.14. The van der Waals surface area contributed by atoms with E-state index >= 15 is 0 Å². The van der Waals surface area contributed by atoms with E-state index in [9.17, 15) is 18.0 Å². The molecule has 0 radical (unpaired) electrons. The van der Waals surface area contributed by atoms with Gasteiger partial charge in [0.2, 0.25) is 0 Å². The second-order valence-corrected chi connectivity index (χ2v) is 8.14. The molecule has 1 saturated heterocycles. The van der Waals surface area contributed by atoms with Crippen molar-refractivity contribution in [2.45, 2.75) is 46.1 Å². The van der Waals surface area contributed by atoms with Gasteiger partial charge in [0.05, 0.1) is 24.0 Å². The molecule has 176 valence electrons. The number of alkyl halides is 3. The van der Waals surface area contributed by atoms with Crippen LogP contribution in [0, 0.1) is 6.92 Å². The number of fused-ring (bicyclic) bond motifs is 1. The van der Waals surface area contributed by atoms with E-state index in [1.54, 1.807) is 10.6 Å². The molecule has 0 aliphatic carbocycles. The first kappa shape index (κ1) is 23.0. The molecule has 0 spiro atoms. The first-order valence-electron chi connectivity index (χ1n) is 10.7. The van der Waals surface area contributed by atoms with Gasteiger partial charge in [-0.15, -0.1) is 5.10 Å². The Morgan fingerprint density at radius 3 is 2.76 bits per heavy atom. The minimum absolute atomic E-state index is 0.0609. The fourth-order valence-electron chi connectivity index (χ4n) is 4.04. The van der Waals surface area contributed by atoms with E-state index in [2.05, 4.69) is 9.88 Å². The molecule has 7 nitrogen and oxygen atoms in total. The zero-order valence-corrected chi connectivity index (χ0v) is 18.6. The molecule has 1 aliphatic heterocycles. The Bertz CT molecular complexity index is 1180. The quantitative estimate of drug-likeness (QED) is 0.535. The van der Waals surface area contributed by atoms with Crippen molar-refractivity contribution in [1.29, 1.82) is 0 Å². The SMILES string of the molecule is CC(=O)OCc1nc2ccc(N3CCOC(C)C3)nn2c1Cc1cccc(C(F)(F)F)c1C. The predicted molar refractivity (Wildman–Crippen MR) is 115 cm³/mol. The molecule has 10 heteroatoms. The van der Waals surface area contributed by atoms with Crippen LogP contribution in [0.5, 0.6) is 0 Å². The number of ether oxygens (including phenoxy) is 2. The topological polar surface area (TPSA) is 69.0 Å². The maximum atomic E-state index is 13.4. The average Bonchev–Trinajstić information content (AvgIpc) is 3.09. The third kappa shape index (κ3) is 4.95. The third-order valence-electron chi connectivity index (χ3n) is 5.73. The van der Waals surface area contributed by atoms with Crippen molar-refractivity contribution in [3.63, 3.8) is 0 Å². The molecule has 0 N–H and O–H groups in total. The molecule has 1 fully saturated rings. The Balaban J connectivity index is 1.78. The molecule has 4 rings (SSSR count). The number of hydrogen-bond donors (Lipinski definition) is 0. The fraction of sp³-hybridized carbons (Fsp3) is 0.435. The minimum Gasteiger partial charge on any atom is -0.459 e. The molecular weight excluding hydrogens is 437 g/mol. The Kier molecular flexibility index (Phi) is 6.29. The Morgan fingerprint density at radius 2 is 2.06 bits per heavy atom. The highest BCUT2D eigenvalue weighted by molar-refractivity contribution is 5.66. The molecule has 3 heterocycles. The van der Waals surface area contributed by atoms with Crippen LogP contribution in [-0.2, 0) is 33.5 Å². The summed E-state index contributed by atoms with van der Waals surface area (Å²) in [7, 11) is 0. The average molecular weight is 462 g/mol. The number of benzene rings is 1. The first-order valence-corrected chi connectivity index (χ1v) is 10.7. The summed E-state index contributed by atoms with van der Waals surface area (Å²) in [6, 6.07) is 7.79. The van der Waals surface area contributed by atoms with Crippen LogP contribution in [0.3, 0.4) is 0 Å². The summed E-state index contributed by atoms with van der Waals surface area (Å²) in [5, 5.41) is 4.74. The van der Waals surface area contributed by atoms with Crippen LogP contribution in [0.4, 0.5) is 19.0 Å². The molecule has 2 aromatic heterocycles. The van der Waals surface area contributed by atoms with Crippen LogP contribution in [0.25, 0.3) is 5.65 Å². The number of esters is 1. The van der Waals surface area contributed by atoms with Crippen molar-refractivity contribution in [1.82, 2.24) is 14.6 Å². The van der Waals surface area contributed by atoms with Gasteiger partial charge in [-0.2, -0.15) is 13.2 Å². The van der Waals surface area contributed by atoms with E-state index in [0.29, 0.717) is 42.3 Å². The van der Waals surface area contributed by atoms with E-state index in [-0.39, 0.29) is 24.7 Å². The Hall–Kier alpha value is -3.14. The van der Waals surface area contributed by atoms with Crippen molar-refractivity contribution in [3.05, 3.63) is 58.4 Å². The summed E-state index contributed by atoms with van der Waals surface area (Å²) in [4.78, 5) is 18.0. The molecule has 1 aliphatic rings. The van der Waals surface area contributed by atoms with Crippen molar-refractivity contribution in [2.75, 3.05) is 24.6 Å². The number of halogens is 3. The van der Waals surface area contributed by atoms with E-state index in [0.717, 1.165) is 11.9 Å². The summed E-state index contributed by atoms with van der Waals surface area (Å²) >= 11 is 0. The molecular formula is C23H25F3N4O3. The summed E-state index contributed by atoms with van der Waals surface area (Å²) in [6.07, 6.45) is -4.23. The minimum atomic E-state index is -4.45. The van der Waals surface area contributed by atoms with Gasteiger partial charge in [-0.1, -0.05) is 12.1 Å². The maximum absolute atomic E-state index is 13.4. The number of imidazole rings is 1. The number of rotatable bonds is 5. The molecule has 0 amide bonds. The second kappa shape index (κ2) is 9.01. The molecule has 1 aromatic carbocycles. The lowest BCUT2D eigenvalue weighted by Gasteiger charge is -2.31. The highest BCUT2D eigenvalue weighted by Gasteiger charge is 2.33. The van der Waals surface area contributed by atoms with Gasteiger partial charge >= 0.3 is 12.1 Å². The lowest BCUT2D eigenvalue weighted by atomic mass is 9.98. The van der Waals surface area contributed by atoms with Gasteiger partial charge < -0.3 is 14.4 Å². The zero-order chi connectivity index (χ0) is 23.8. The number of carbonyl (C=O) groups is 1. The summed E-state index contributed by atoms with van der Waals surface area (Å²) in [6.45, 7) is 6.59. The summed E-state index contributed by atoms with van der Waals surface area (Å²) < 4.78 is 52.7. The lowest BCUT2D eigenvalue weighted by molar-refractivity contribution is -0.142. The monoisotopic (exact) mass is 462 g/mol. The maximum Gasteiger partial charge on any atom is 0.416 e. The van der Waals surface area contributed by atoms with Crippen LogP contribution in [0.15, 0.2) is 30.3 Å². The van der Waals surface area contributed by atoms with E-state index in [4.69, 9.17) is 14.6 Å². The molecule has 1 atom stereocenters. The van der Waals surface area contributed by atoms with Gasteiger partial charge in [0.15, 0.2) is 5.65 Å². The van der Waals surface area contributed by atoms with Gasteiger partial charge in [0.1, 0.15) is 18.1 Å². The first-order chi connectivity index (χ1) is 15.6. The van der Waals surface area contributed by atoms with Crippen molar-refractivity contribution >= 4 is 17.4 Å². The highest BCUT2D eigenvalue weighted by atomic mass is 19.4. The molecule has 1 unspecified atom stereocenters. The van der Waals surface area contributed by atoms with Gasteiger partial charge in [0, 0.05) is 26.4 Å². The lowest BCUT2D eigenvalue weighted by Crippen LogP contribution is -2.41. The molecule has 0 saturated carbocycles. The fourth-order valence-corrected chi connectivity index (χ4v) is 4.04. The largest absolute Gasteiger partial charge is 0.459 e. The number of anilines is 1. The van der Waals surface area contributed by atoms with Crippen molar-refractivity contribution < 1.29 is 27.4 Å². The van der Waals surface area contributed by atoms with Crippen molar-refractivity contribution in [3.8, 4) is 0 Å². The number of morpholine rings is 1. The van der Waals surface area contributed by atoms with E-state index < -0.39 is 17.7 Å². The normalized spacial score (nSPS) is 16.9. The van der Waals surface area contributed by atoms with Crippen LogP contribution in [0.2, 0.25) is 0 Å². The van der Waals surface area contributed by atoms with Gasteiger partial charge in [-0.3, -0.25) is 4.79 Å². The smallest absolute Gasteiger partial charge is 0.416 e. The van der Waals surface area contributed by atoms with Crippen LogP contribution in [-0.4, -0.2) is 46.4 Å². The molecule has 0 bridgehead atoms. The Morgan fingerprint density at radius 1 is 1.27 bits per heavy atom. The standard InChI is InChI=1S/C23H25F3N4O3/c1-14-12-29(9-10-32-14)22-8-7-21-27-19(13-33-16(3)31)20(30(21)28-22)11-17-5-4-6-18(15(17)2)23(24,25)26/h4-8,14H,9-13H2,1-3H3. The zero-order valence-electron chi connectivity index (χ0n) is 18.6. The van der Waals surface area contributed by atoms with Gasteiger partial charge in [0.25, 0.3) is 0 Å². The van der Waals surface area contributed by atoms with Crippen LogP contribution < -0.4 is 4.90 Å². The number of aromatic nitrogens is 3. The molecule has 33 heavy (non-hydrogen) atoms. The van der Waals surface area contributed by atoms with Crippen molar-refractivity contribution in [2.24, 2.45) is 0 Å². The van der Waals surface area contributed by atoms with E-state index in [1.807, 2.05) is 19.1 Å². The Labute approximate surface area is 189 Å². The predicted octanol–water partition coefficient (Wildman–Crippen LogP) is 3.94. The van der Waals surface area contributed by atoms with Gasteiger partial charge in [-0.05, 0) is 43.2 Å². The third-order valence-corrected chi connectivity index (χ3v) is 5.73. The van der Waals surface area contributed by atoms with Gasteiger partial charge in [-0.25, -0.2) is 9.50 Å². The number of hydrogen-bond acceptors (Lipinski definition) is 6. The van der Waals surface area contributed by atoms with Crippen LogP contribution in [0.1, 0.15) is 41.9 Å². The number of carbonyl (C=O) groups excluding carboxylic acids is 1. The number of nitrogens with zero attached hydrogens (tertiary/aromatic N) is 4. The van der Waals surface area contributed by atoms with E-state index in [1.165, 1.54) is 19.9 Å².